The molecule has 4 aromatic rings. The van der Waals surface area contributed by atoms with E-state index in [2.05, 4.69) is 52.4 Å². The van der Waals surface area contributed by atoms with E-state index in [1.807, 2.05) is 70.6 Å². The minimum absolute atomic E-state index is 0.0959. The average Bonchev–Trinajstić information content (AvgIpc) is 3.46. The van der Waals surface area contributed by atoms with E-state index < -0.39 is 6.04 Å². The van der Waals surface area contributed by atoms with Crippen LogP contribution in [-0.4, -0.2) is 93.2 Å². The number of benzene rings is 3. The van der Waals surface area contributed by atoms with Crippen molar-refractivity contribution < 1.29 is 14.3 Å². The monoisotopic (exact) mass is 594 g/mol. The molecule has 6 rings (SSSR count). The second-order valence-corrected chi connectivity index (χ2v) is 12.2. The lowest BCUT2D eigenvalue weighted by Crippen LogP contribution is -2.58. The van der Waals surface area contributed by atoms with Crippen molar-refractivity contribution in [1.82, 2.24) is 20.1 Å². The molecule has 0 bridgehead atoms. The highest BCUT2D eigenvalue weighted by atomic mass is 16.5. The van der Waals surface area contributed by atoms with Crippen LogP contribution < -0.4 is 19.9 Å². The first kappa shape index (κ1) is 29.6. The van der Waals surface area contributed by atoms with Gasteiger partial charge in [0.2, 0.25) is 5.91 Å². The zero-order valence-electron chi connectivity index (χ0n) is 25.8. The first-order valence-electron chi connectivity index (χ1n) is 15.4. The van der Waals surface area contributed by atoms with E-state index in [4.69, 9.17) is 4.74 Å². The number of methoxy groups -OCH3 is 1. The molecule has 2 aliphatic rings. The molecule has 0 unspecified atom stereocenters. The zero-order valence-corrected chi connectivity index (χ0v) is 25.8. The highest BCUT2D eigenvalue weighted by Gasteiger charge is 2.35. The van der Waals surface area contributed by atoms with E-state index in [1.165, 1.54) is 0 Å². The summed E-state index contributed by atoms with van der Waals surface area (Å²) in [5, 5.41) is 4.24. The fourth-order valence-electron chi connectivity index (χ4n) is 6.65. The van der Waals surface area contributed by atoms with Crippen molar-refractivity contribution in [3.63, 3.8) is 0 Å². The van der Waals surface area contributed by atoms with Gasteiger partial charge in [-0.05, 0) is 74.0 Å². The summed E-state index contributed by atoms with van der Waals surface area (Å²) in [5.41, 5.74) is 5.15. The number of amides is 3. The number of ether oxygens (including phenoxy) is 1. The van der Waals surface area contributed by atoms with Crippen LogP contribution >= 0.6 is 0 Å². The number of piperazine rings is 1. The maximum Gasteiger partial charge on any atom is 0.318 e. The second-order valence-electron chi connectivity index (χ2n) is 12.2. The van der Waals surface area contributed by atoms with Gasteiger partial charge in [0, 0.05) is 74.2 Å². The molecule has 2 atom stereocenters. The topological polar surface area (TPSA) is 84.1 Å². The summed E-state index contributed by atoms with van der Waals surface area (Å²) in [4.78, 5) is 39.9. The highest BCUT2D eigenvalue weighted by molar-refractivity contribution is 6.00. The molecular formula is C35H42N6O3. The van der Waals surface area contributed by atoms with Crippen LogP contribution in [0.3, 0.4) is 0 Å². The van der Waals surface area contributed by atoms with Gasteiger partial charge >= 0.3 is 6.03 Å². The van der Waals surface area contributed by atoms with Crippen LogP contribution in [-0.2, 0) is 17.6 Å². The number of carbonyl (C=O) groups is 2. The van der Waals surface area contributed by atoms with Gasteiger partial charge in [-0.15, -0.1) is 0 Å². The fourth-order valence-corrected chi connectivity index (χ4v) is 6.65. The molecule has 0 spiro atoms. The Labute approximate surface area is 259 Å². The van der Waals surface area contributed by atoms with E-state index >= 15 is 0 Å². The van der Waals surface area contributed by atoms with Crippen LogP contribution in [0.15, 0.2) is 79.0 Å². The van der Waals surface area contributed by atoms with Crippen molar-refractivity contribution in [3.05, 3.63) is 90.1 Å². The van der Waals surface area contributed by atoms with Gasteiger partial charge in [-0.2, -0.15) is 0 Å². The molecule has 0 aliphatic carbocycles. The predicted molar refractivity (Wildman–Crippen MR) is 176 cm³/mol. The largest absolute Gasteiger partial charge is 0.497 e. The quantitative estimate of drug-likeness (QED) is 0.316. The van der Waals surface area contributed by atoms with E-state index in [0.29, 0.717) is 26.1 Å². The molecule has 230 valence electrons. The molecule has 3 amide bonds. The Hall–Kier alpha value is -4.50. The first-order chi connectivity index (χ1) is 21.4. The maximum atomic E-state index is 14.6. The number of hydrogen-bond acceptors (Lipinski definition) is 5. The Bertz CT molecular complexity index is 1590. The molecule has 1 saturated heterocycles. The van der Waals surface area contributed by atoms with Crippen LogP contribution in [0.4, 0.5) is 16.2 Å². The zero-order chi connectivity index (χ0) is 30.6. The maximum absolute atomic E-state index is 14.6. The SMILES string of the molecule is COc1ccc2c(c1)C[C@H](CN(C)C)CN2C(=O)[C@@H](Cc1c[nH]c2ccccc12)NC(=O)N1CCN(c2ccccc2)CC1. The summed E-state index contributed by atoms with van der Waals surface area (Å²) in [6.07, 6.45) is 3.21. The number of hydrogen-bond donors (Lipinski definition) is 2. The number of anilines is 2. The number of aromatic nitrogens is 1. The summed E-state index contributed by atoms with van der Waals surface area (Å²) >= 11 is 0. The molecule has 9 heteroatoms. The van der Waals surface area contributed by atoms with E-state index in [-0.39, 0.29) is 17.9 Å². The minimum atomic E-state index is -0.734. The predicted octanol–water partition coefficient (Wildman–Crippen LogP) is 4.39. The minimum Gasteiger partial charge on any atom is -0.497 e. The molecule has 44 heavy (non-hydrogen) atoms. The molecule has 9 nitrogen and oxygen atoms in total. The van der Waals surface area contributed by atoms with Gasteiger partial charge in [-0.1, -0.05) is 36.4 Å². The molecular weight excluding hydrogens is 552 g/mol. The Morgan fingerprint density at radius 1 is 1.00 bits per heavy atom. The molecule has 2 aliphatic heterocycles. The molecule has 0 saturated carbocycles. The first-order valence-corrected chi connectivity index (χ1v) is 15.4. The Balaban J connectivity index is 1.26. The summed E-state index contributed by atoms with van der Waals surface area (Å²) < 4.78 is 5.52. The van der Waals surface area contributed by atoms with Crippen LogP contribution in [0, 0.1) is 5.92 Å². The Morgan fingerprint density at radius 2 is 1.75 bits per heavy atom. The Kier molecular flexibility index (Phi) is 8.74. The van der Waals surface area contributed by atoms with Crippen molar-refractivity contribution in [2.45, 2.75) is 18.9 Å². The van der Waals surface area contributed by atoms with Gasteiger partial charge in [0.05, 0.1) is 7.11 Å². The number of H-pyrrole nitrogens is 1. The fraction of sp³-hybridized carbons (Fsp3) is 0.371. The third-order valence-electron chi connectivity index (χ3n) is 8.80. The Morgan fingerprint density at radius 3 is 2.50 bits per heavy atom. The number of carbonyl (C=O) groups excluding carboxylic acids is 2. The van der Waals surface area contributed by atoms with Crippen molar-refractivity contribution >= 4 is 34.2 Å². The van der Waals surface area contributed by atoms with Crippen LogP contribution in [0.2, 0.25) is 0 Å². The van der Waals surface area contributed by atoms with Gasteiger partial charge in [-0.3, -0.25) is 4.79 Å². The highest BCUT2D eigenvalue weighted by Crippen LogP contribution is 2.34. The van der Waals surface area contributed by atoms with Gasteiger partial charge in [0.1, 0.15) is 11.8 Å². The standard InChI is InChI=1S/C35H42N6O3/c1-38(2)23-25-19-26-20-29(44-3)13-14-33(26)41(24-25)34(42)32(21-27-22-36-31-12-8-7-11-30(27)31)37-35(43)40-17-15-39(16-18-40)28-9-5-4-6-10-28/h4-14,20,22,25,32,36H,15-19,21,23-24H2,1-3H3,(H,37,43)/t25-,32-/m1/s1. The van der Waals surface area contributed by atoms with Crippen molar-refractivity contribution in [1.29, 1.82) is 0 Å². The molecule has 3 aromatic carbocycles. The molecule has 0 radical (unpaired) electrons. The average molecular weight is 595 g/mol. The smallest absolute Gasteiger partial charge is 0.318 e. The van der Waals surface area contributed by atoms with Crippen LogP contribution in [0.1, 0.15) is 11.1 Å². The van der Waals surface area contributed by atoms with Crippen LogP contribution in [0.25, 0.3) is 10.9 Å². The third-order valence-corrected chi connectivity index (χ3v) is 8.80. The summed E-state index contributed by atoms with van der Waals surface area (Å²) in [6.45, 7) is 4.11. The molecule has 2 N–H and O–H groups in total. The molecule has 1 aromatic heterocycles. The lowest BCUT2D eigenvalue weighted by molar-refractivity contribution is -0.120. The number of nitrogens with zero attached hydrogens (tertiary/aromatic N) is 4. The number of urea groups is 1. The lowest BCUT2D eigenvalue weighted by Gasteiger charge is -2.39. The van der Waals surface area contributed by atoms with Gasteiger partial charge < -0.3 is 34.6 Å². The van der Waals surface area contributed by atoms with Gasteiger partial charge in [0.25, 0.3) is 0 Å². The summed E-state index contributed by atoms with van der Waals surface area (Å²) in [7, 11) is 5.78. The van der Waals surface area contributed by atoms with Crippen LogP contribution in [0.5, 0.6) is 5.75 Å². The third kappa shape index (κ3) is 6.38. The second kappa shape index (κ2) is 13.0. The normalized spacial score (nSPS) is 17.5. The lowest BCUT2D eigenvalue weighted by atomic mass is 9.91. The molecule has 1 fully saturated rings. The number of rotatable bonds is 8. The molecule has 3 heterocycles. The van der Waals surface area contributed by atoms with E-state index in [0.717, 1.165) is 65.2 Å². The number of fused-ring (bicyclic) bond motifs is 2. The number of para-hydroxylation sites is 2. The van der Waals surface area contributed by atoms with Gasteiger partial charge in [-0.25, -0.2) is 4.79 Å². The van der Waals surface area contributed by atoms with Crippen molar-refractivity contribution in [2.24, 2.45) is 5.92 Å². The number of nitrogens with one attached hydrogen (secondary N) is 2. The number of aromatic amines is 1. The van der Waals surface area contributed by atoms with Gasteiger partial charge in [0.15, 0.2) is 0 Å². The summed E-state index contributed by atoms with van der Waals surface area (Å²) in [6, 6.07) is 23.3. The van der Waals surface area contributed by atoms with E-state index in [9.17, 15) is 9.59 Å². The van der Waals surface area contributed by atoms with Crippen molar-refractivity contribution in [2.75, 3.05) is 70.3 Å². The van der Waals surface area contributed by atoms with Crippen molar-refractivity contribution in [3.8, 4) is 5.75 Å². The summed E-state index contributed by atoms with van der Waals surface area (Å²) in [5.74, 6) is 0.936. The van der Waals surface area contributed by atoms with E-state index in [1.54, 1.807) is 7.11 Å².